The highest BCUT2D eigenvalue weighted by atomic mass is 16.1. The Morgan fingerprint density at radius 1 is 1.15 bits per heavy atom. The van der Waals surface area contributed by atoms with Crippen molar-refractivity contribution >= 4 is 11.5 Å². The zero-order valence-electron chi connectivity index (χ0n) is 12.6. The second-order valence-electron chi connectivity index (χ2n) is 6.88. The van der Waals surface area contributed by atoms with Gasteiger partial charge in [0, 0.05) is 23.7 Å². The first-order valence-electron chi connectivity index (χ1n) is 8.04. The van der Waals surface area contributed by atoms with Crippen LogP contribution in [0, 0.1) is 17.8 Å². The third kappa shape index (κ3) is 2.74. The zero-order valence-corrected chi connectivity index (χ0v) is 12.6. The lowest BCUT2D eigenvalue weighted by molar-refractivity contribution is 0.0836. The topological polar surface area (TPSA) is 29.1 Å². The van der Waals surface area contributed by atoms with E-state index in [1.807, 2.05) is 6.07 Å². The van der Waals surface area contributed by atoms with E-state index in [4.69, 9.17) is 0 Å². The quantitative estimate of drug-likeness (QED) is 0.813. The molecule has 1 aliphatic carbocycles. The van der Waals surface area contributed by atoms with Crippen molar-refractivity contribution in [3.05, 3.63) is 29.3 Å². The van der Waals surface area contributed by atoms with Gasteiger partial charge in [-0.3, -0.25) is 4.79 Å². The SMILES string of the molecule is CC1CC(C)CC(C(=O)c2ccc3c(c2)CCCN3)C1. The Kier molecular flexibility index (Phi) is 3.82. The van der Waals surface area contributed by atoms with Gasteiger partial charge < -0.3 is 5.32 Å². The fraction of sp³-hybridized carbons (Fsp3) is 0.611. The van der Waals surface area contributed by atoms with Crippen molar-refractivity contribution in [3.63, 3.8) is 0 Å². The molecule has 1 aliphatic heterocycles. The van der Waals surface area contributed by atoms with E-state index in [2.05, 4.69) is 31.3 Å². The minimum Gasteiger partial charge on any atom is -0.385 e. The minimum absolute atomic E-state index is 0.239. The molecule has 1 N–H and O–H groups in total. The lowest BCUT2D eigenvalue weighted by Crippen LogP contribution is -2.26. The van der Waals surface area contributed by atoms with Crippen molar-refractivity contribution in [3.8, 4) is 0 Å². The van der Waals surface area contributed by atoms with Crippen LogP contribution in [-0.2, 0) is 6.42 Å². The summed E-state index contributed by atoms with van der Waals surface area (Å²) in [6, 6.07) is 6.24. The van der Waals surface area contributed by atoms with Crippen LogP contribution in [0.5, 0.6) is 0 Å². The summed E-state index contributed by atoms with van der Waals surface area (Å²) < 4.78 is 0. The Morgan fingerprint density at radius 3 is 2.65 bits per heavy atom. The summed E-state index contributed by atoms with van der Waals surface area (Å²) in [6.45, 7) is 5.62. The van der Waals surface area contributed by atoms with Crippen LogP contribution in [0.25, 0.3) is 0 Å². The fourth-order valence-corrected chi connectivity index (χ4v) is 4.02. The molecule has 1 aromatic carbocycles. The van der Waals surface area contributed by atoms with Gasteiger partial charge in [-0.05, 0) is 67.7 Å². The van der Waals surface area contributed by atoms with Gasteiger partial charge in [-0.25, -0.2) is 0 Å². The van der Waals surface area contributed by atoms with Gasteiger partial charge in [0.25, 0.3) is 0 Å². The molecular formula is C18H25NO. The number of aryl methyl sites for hydroxylation is 1. The number of carbonyl (C=O) groups is 1. The van der Waals surface area contributed by atoms with E-state index >= 15 is 0 Å². The maximum atomic E-state index is 12.8. The molecular weight excluding hydrogens is 246 g/mol. The van der Waals surface area contributed by atoms with Crippen LogP contribution in [0.4, 0.5) is 5.69 Å². The zero-order chi connectivity index (χ0) is 14.1. The molecule has 2 aliphatic rings. The monoisotopic (exact) mass is 271 g/mol. The molecule has 20 heavy (non-hydrogen) atoms. The molecule has 0 bridgehead atoms. The molecule has 2 atom stereocenters. The summed E-state index contributed by atoms with van der Waals surface area (Å²) in [7, 11) is 0. The maximum absolute atomic E-state index is 12.8. The normalized spacial score (nSPS) is 29.4. The number of Topliss-reactive ketones (excluding diaryl/α,β-unsaturated/α-hetero) is 1. The van der Waals surface area contributed by atoms with Crippen molar-refractivity contribution < 1.29 is 4.79 Å². The number of anilines is 1. The average Bonchev–Trinajstić information content (AvgIpc) is 2.45. The fourth-order valence-electron chi connectivity index (χ4n) is 4.02. The van der Waals surface area contributed by atoms with Crippen LogP contribution in [0.3, 0.4) is 0 Å². The Bertz CT molecular complexity index is 498. The van der Waals surface area contributed by atoms with Gasteiger partial charge in [0.05, 0.1) is 0 Å². The van der Waals surface area contributed by atoms with Crippen LogP contribution < -0.4 is 5.32 Å². The minimum atomic E-state index is 0.239. The lowest BCUT2D eigenvalue weighted by atomic mass is 9.74. The number of rotatable bonds is 2. The molecule has 1 heterocycles. The molecule has 2 heteroatoms. The summed E-state index contributed by atoms with van der Waals surface area (Å²) >= 11 is 0. The van der Waals surface area contributed by atoms with Crippen LogP contribution in [0.15, 0.2) is 18.2 Å². The van der Waals surface area contributed by atoms with Crippen molar-refractivity contribution in [1.29, 1.82) is 0 Å². The van der Waals surface area contributed by atoms with Gasteiger partial charge in [0.1, 0.15) is 0 Å². The second kappa shape index (κ2) is 5.59. The predicted octanol–water partition coefficient (Wildman–Crippen LogP) is 4.30. The first-order chi connectivity index (χ1) is 9.63. The van der Waals surface area contributed by atoms with Crippen LogP contribution in [-0.4, -0.2) is 12.3 Å². The first kappa shape index (κ1) is 13.7. The smallest absolute Gasteiger partial charge is 0.165 e. The lowest BCUT2D eigenvalue weighted by Gasteiger charge is -2.30. The third-order valence-electron chi connectivity index (χ3n) is 4.88. The van der Waals surface area contributed by atoms with E-state index in [0.717, 1.165) is 31.4 Å². The van der Waals surface area contributed by atoms with E-state index in [1.54, 1.807) is 0 Å². The van der Waals surface area contributed by atoms with Crippen molar-refractivity contribution in [2.24, 2.45) is 17.8 Å². The standard InChI is InChI=1S/C18H25NO/c1-12-8-13(2)10-16(9-12)18(20)15-5-6-17-14(11-15)4-3-7-19-17/h5-6,11-13,16,19H,3-4,7-10H2,1-2H3. The molecule has 3 rings (SSSR count). The number of benzene rings is 1. The van der Waals surface area contributed by atoms with E-state index in [0.29, 0.717) is 17.6 Å². The number of hydrogen-bond acceptors (Lipinski definition) is 2. The molecule has 0 radical (unpaired) electrons. The molecule has 1 fully saturated rings. The Balaban J connectivity index is 1.79. The van der Waals surface area contributed by atoms with Gasteiger partial charge in [-0.2, -0.15) is 0 Å². The molecule has 2 nitrogen and oxygen atoms in total. The molecule has 0 aromatic heterocycles. The van der Waals surface area contributed by atoms with Gasteiger partial charge in [0.2, 0.25) is 0 Å². The van der Waals surface area contributed by atoms with E-state index < -0.39 is 0 Å². The summed E-state index contributed by atoms with van der Waals surface area (Å²) in [5, 5.41) is 3.41. The summed E-state index contributed by atoms with van der Waals surface area (Å²) in [6.07, 6.45) is 5.68. The largest absolute Gasteiger partial charge is 0.385 e. The van der Waals surface area contributed by atoms with Gasteiger partial charge in [-0.1, -0.05) is 13.8 Å². The number of nitrogens with one attached hydrogen (secondary N) is 1. The molecule has 0 saturated heterocycles. The molecule has 108 valence electrons. The second-order valence-corrected chi connectivity index (χ2v) is 6.88. The van der Waals surface area contributed by atoms with Gasteiger partial charge in [0.15, 0.2) is 5.78 Å². The first-order valence-corrected chi connectivity index (χ1v) is 8.04. The Hall–Kier alpha value is -1.31. The van der Waals surface area contributed by atoms with Crippen molar-refractivity contribution in [2.45, 2.75) is 46.0 Å². The van der Waals surface area contributed by atoms with Crippen LogP contribution in [0.2, 0.25) is 0 Å². The summed E-state index contributed by atoms with van der Waals surface area (Å²) in [5.74, 6) is 1.99. The maximum Gasteiger partial charge on any atom is 0.165 e. The highest BCUT2D eigenvalue weighted by Crippen LogP contribution is 2.35. The third-order valence-corrected chi connectivity index (χ3v) is 4.88. The number of ketones is 1. The summed E-state index contributed by atoms with van der Waals surface area (Å²) in [5.41, 5.74) is 3.47. The highest BCUT2D eigenvalue weighted by molar-refractivity contribution is 5.98. The Morgan fingerprint density at radius 2 is 1.90 bits per heavy atom. The molecule has 2 unspecified atom stereocenters. The van der Waals surface area contributed by atoms with Crippen LogP contribution in [0.1, 0.15) is 55.5 Å². The molecule has 0 amide bonds. The molecule has 1 saturated carbocycles. The summed E-state index contributed by atoms with van der Waals surface area (Å²) in [4.78, 5) is 12.8. The highest BCUT2D eigenvalue weighted by Gasteiger charge is 2.29. The van der Waals surface area contributed by atoms with Gasteiger partial charge in [-0.15, -0.1) is 0 Å². The molecule has 1 aromatic rings. The van der Waals surface area contributed by atoms with E-state index in [-0.39, 0.29) is 5.92 Å². The Labute approximate surface area is 122 Å². The molecule has 0 spiro atoms. The van der Waals surface area contributed by atoms with Crippen LogP contribution >= 0.6 is 0 Å². The van der Waals surface area contributed by atoms with Crippen molar-refractivity contribution in [2.75, 3.05) is 11.9 Å². The number of fused-ring (bicyclic) bond motifs is 1. The average molecular weight is 271 g/mol. The van der Waals surface area contributed by atoms with E-state index in [9.17, 15) is 4.79 Å². The van der Waals surface area contributed by atoms with Gasteiger partial charge >= 0.3 is 0 Å². The predicted molar refractivity (Wildman–Crippen MR) is 83.3 cm³/mol. The van der Waals surface area contributed by atoms with E-state index in [1.165, 1.54) is 24.1 Å². The number of hydrogen-bond donors (Lipinski definition) is 1. The number of carbonyl (C=O) groups excluding carboxylic acids is 1. The van der Waals surface area contributed by atoms with Crippen molar-refractivity contribution in [1.82, 2.24) is 0 Å².